The predicted octanol–water partition coefficient (Wildman–Crippen LogP) is 3.99. The van der Waals surface area contributed by atoms with E-state index in [-0.39, 0.29) is 17.0 Å². The molecule has 1 aliphatic rings. The Kier molecular flexibility index (Phi) is 9.24. The van der Waals surface area contributed by atoms with Crippen LogP contribution < -0.4 is 16.0 Å². The number of aromatic nitrogens is 1. The number of nitrogens with zero attached hydrogens (tertiary/aromatic N) is 1. The van der Waals surface area contributed by atoms with Gasteiger partial charge in [-0.15, -0.1) is 0 Å². The third-order valence-corrected chi connectivity index (χ3v) is 5.31. The van der Waals surface area contributed by atoms with E-state index in [9.17, 15) is 14.4 Å². The zero-order valence-electron chi connectivity index (χ0n) is 20.4. The van der Waals surface area contributed by atoms with E-state index in [0.717, 1.165) is 0 Å². The van der Waals surface area contributed by atoms with Gasteiger partial charge in [0.05, 0.1) is 17.0 Å². The van der Waals surface area contributed by atoms with Crippen LogP contribution in [0, 0.1) is 5.92 Å². The molecule has 34 heavy (non-hydrogen) atoms. The van der Waals surface area contributed by atoms with Crippen molar-refractivity contribution in [1.29, 1.82) is 0 Å². The van der Waals surface area contributed by atoms with Gasteiger partial charge in [0.1, 0.15) is 17.0 Å². The van der Waals surface area contributed by atoms with Crippen LogP contribution in [-0.4, -0.2) is 51.2 Å². The maximum atomic E-state index is 12.6. The minimum absolute atomic E-state index is 0.0616. The van der Waals surface area contributed by atoms with Crippen molar-refractivity contribution in [3.8, 4) is 0 Å². The molecule has 0 aliphatic heterocycles. The van der Waals surface area contributed by atoms with Gasteiger partial charge in [0.25, 0.3) is 5.91 Å². The highest BCUT2D eigenvalue weighted by molar-refractivity contribution is 7.82. The normalized spacial score (nSPS) is 20.6. The third-order valence-electron chi connectivity index (χ3n) is 4.78. The summed E-state index contributed by atoms with van der Waals surface area (Å²) in [6.07, 6.45) is 2.11. The lowest BCUT2D eigenvalue weighted by Gasteiger charge is -2.37. The number of hydrogen-bond donors (Lipinski definition) is 3. The molecule has 1 saturated carbocycles. The molecule has 0 bridgehead atoms. The first-order chi connectivity index (χ1) is 15.6. The van der Waals surface area contributed by atoms with Crippen molar-refractivity contribution in [2.45, 2.75) is 84.1 Å². The molecule has 9 nitrogen and oxygen atoms in total. The second kappa shape index (κ2) is 11.3. The van der Waals surface area contributed by atoms with E-state index >= 15 is 0 Å². The molecule has 0 aromatic carbocycles. The molecule has 0 unspecified atom stereocenters. The molecule has 3 N–H and O–H groups in total. The zero-order chi connectivity index (χ0) is 25.7. The maximum Gasteiger partial charge on any atom is 0.407 e. The Morgan fingerprint density at radius 3 is 2.21 bits per heavy atom. The SMILES string of the molecule is CC(C)(C)OC(=O)N[C@@H]1C[C@@H](C(=O)OC(C)(C)C)CC[C@@H]1NC(=S)C(=O)Nc1ccc(Cl)cn1. The van der Waals surface area contributed by atoms with Gasteiger partial charge in [0, 0.05) is 12.2 Å². The number of anilines is 1. The molecule has 0 radical (unpaired) electrons. The van der Waals surface area contributed by atoms with E-state index in [1.807, 2.05) is 0 Å². The van der Waals surface area contributed by atoms with Crippen molar-refractivity contribution in [2.24, 2.45) is 5.92 Å². The second-order valence-corrected chi connectivity index (χ2v) is 11.0. The molecule has 2 rings (SSSR count). The zero-order valence-corrected chi connectivity index (χ0v) is 21.9. The van der Waals surface area contributed by atoms with Gasteiger partial charge >= 0.3 is 12.1 Å². The first-order valence-electron chi connectivity index (χ1n) is 11.1. The summed E-state index contributed by atoms with van der Waals surface area (Å²) in [4.78, 5) is 41.6. The van der Waals surface area contributed by atoms with Crippen molar-refractivity contribution in [3.63, 3.8) is 0 Å². The number of carbonyl (C=O) groups is 3. The predicted molar refractivity (Wildman–Crippen MR) is 134 cm³/mol. The number of ether oxygens (including phenoxy) is 2. The van der Waals surface area contributed by atoms with Gasteiger partial charge in [-0.3, -0.25) is 9.59 Å². The van der Waals surface area contributed by atoms with Crippen molar-refractivity contribution >= 4 is 52.6 Å². The monoisotopic (exact) mass is 512 g/mol. The molecule has 1 aliphatic carbocycles. The number of halogens is 1. The van der Waals surface area contributed by atoms with E-state index in [2.05, 4.69) is 20.9 Å². The summed E-state index contributed by atoms with van der Waals surface area (Å²) in [5, 5.41) is 8.88. The topological polar surface area (TPSA) is 119 Å². The molecule has 1 aromatic heterocycles. The van der Waals surface area contributed by atoms with E-state index in [1.54, 1.807) is 53.7 Å². The van der Waals surface area contributed by atoms with Gasteiger partial charge in [-0.1, -0.05) is 23.8 Å². The highest BCUT2D eigenvalue weighted by Gasteiger charge is 2.38. The van der Waals surface area contributed by atoms with E-state index in [4.69, 9.17) is 33.3 Å². The van der Waals surface area contributed by atoms with Crippen LogP contribution in [0.2, 0.25) is 5.02 Å². The van der Waals surface area contributed by atoms with Crippen LogP contribution in [0.3, 0.4) is 0 Å². The quantitative estimate of drug-likeness (QED) is 0.409. The molecular formula is C23H33ClN4O5S. The van der Waals surface area contributed by atoms with Crippen molar-refractivity contribution in [3.05, 3.63) is 23.4 Å². The van der Waals surface area contributed by atoms with Gasteiger partial charge in [-0.05, 0) is 72.9 Å². The van der Waals surface area contributed by atoms with Crippen LogP contribution in [0.4, 0.5) is 10.6 Å². The molecule has 3 atom stereocenters. The number of esters is 1. The Morgan fingerprint density at radius 1 is 1.00 bits per heavy atom. The fraction of sp³-hybridized carbons (Fsp3) is 0.609. The van der Waals surface area contributed by atoms with Gasteiger partial charge in [-0.2, -0.15) is 0 Å². The van der Waals surface area contributed by atoms with Gasteiger partial charge in [0.2, 0.25) is 0 Å². The van der Waals surface area contributed by atoms with Crippen LogP contribution in [0.25, 0.3) is 0 Å². The first-order valence-corrected chi connectivity index (χ1v) is 11.9. The lowest BCUT2D eigenvalue weighted by atomic mass is 9.82. The summed E-state index contributed by atoms with van der Waals surface area (Å²) in [6, 6.07) is 2.25. The molecular weight excluding hydrogens is 480 g/mol. The molecule has 0 saturated heterocycles. The Balaban J connectivity index is 2.08. The number of rotatable bonds is 4. The van der Waals surface area contributed by atoms with E-state index in [1.165, 1.54) is 6.20 Å². The number of pyridine rings is 1. The third kappa shape index (κ3) is 9.42. The van der Waals surface area contributed by atoms with Gasteiger partial charge in [-0.25, -0.2) is 9.78 Å². The summed E-state index contributed by atoms with van der Waals surface area (Å²) < 4.78 is 10.9. The highest BCUT2D eigenvalue weighted by atomic mass is 35.5. The average Bonchev–Trinajstić information content (AvgIpc) is 2.68. The summed E-state index contributed by atoms with van der Waals surface area (Å²) in [5.41, 5.74) is -1.30. The maximum absolute atomic E-state index is 12.6. The summed E-state index contributed by atoms with van der Waals surface area (Å²) >= 11 is 11.1. The molecule has 11 heteroatoms. The number of hydrogen-bond acceptors (Lipinski definition) is 7. The molecule has 0 spiro atoms. The minimum atomic E-state index is -0.687. The van der Waals surface area contributed by atoms with Gasteiger partial charge in [0.15, 0.2) is 4.99 Å². The van der Waals surface area contributed by atoms with Crippen LogP contribution in [0.15, 0.2) is 18.3 Å². The standard InChI is InChI=1S/C23H33ClN4O5S/c1-22(2,3)32-20(30)13-7-9-15(16(11-13)27-21(31)33-23(4,5)6)26-19(34)18(29)28-17-10-8-14(24)12-25-17/h8,10,12-13,15-16H,7,9,11H2,1-6H3,(H,26,34)(H,27,31)(H,25,28,29)/t13-,15-,16+/m0/s1. The number of alkyl carbamates (subject to hydrolysis) is 1. The lowest BCUT2D eigenvalue weighted by molar-refractivity contribution is -0.161. The lowest BCUT2D eigenvalue weighted by Crippen LogP contribution is -2.57. The molecule has 1 heterocycles. The minimum Gasteiger partial charge on any atom is -0.460 e. The highest BCUT2D eigenvalue weighted by Crippen LogP contribution is 2.28. The summed E-state index contributed by atoms with van der Waals surface area (Å²) in [6.45, 7) is 10.7. The van der Waals surface area contributed by atoms with Crippen LogP contribution >= 0.6 is 23.8 Å². The largest absolute Gasteiger partial charge is 0.460 e. The van der Waals surface area contributed by atoms with Crippen LogP contribution in [-0.2, 0) is 19.1 Å². The summed E-state index contributed by atoms with van der Waals surface area (Å²) in [5.74, 6) is -0.973. The van der Waals surface area contributed by atoms with Crippen LogP contribution in [0.1, 0.15) is 60.8 Å². The van der Waals surface area contributed by atoms with Crippen molar-refractivity contribution in [2.75, 3.05) is 5.32 Å². The number of amides is 2. The second-order valence-electron chi connectivity index (χ2n) is 10.2. The Bertz CT molecular complexity index is 911. The Hall–Kier alpha value is -2.46. The van der Waals surface area contributed by atoms with Crippen molar-refractivity contribution < 1.29 is 23.9 Å². The molecule has 188 valence electrons. The van der Waals surface area contributed by atoms with Crippen molar-refractivity contribution in [1.82, 2.24) is 15.6 Å². The van der Waals surface area contributed by atoms with E-state index in [0.29, 0.717) is 30.1 Å². The fourth-order valence-corrected chi connectivity index (χ4v) is 3.73. The number of nitrogens with one attached hydrogen (secondary N) is 3. The number of carbonyl (C=O) groups excluding carboxylic acids is 3. The molecule has 1 fully saturated rings. The number of thiocarbonyl (C=S) groups is 1. The van der Waals surface area contributed by atoms with E-state index < -0.39 is 35.2 Å². The summed E-state index contributed by atoms with van der Waals surface area (Å²) in [7, 11) is 0. The van der Waals surface area contributed by atoms with Crippen LogP contribution in [0.5, 0.6) is 0 Å². The Labute approximate surface area is 210 Å². The Morgan fingerprint density at radius 2 is 1.65 bits per heavy atom. The fourth-order valence-electron chi connectivity index (χ4n) is 3.42. The molecule has 1 aromatic rings. The average molecular weight is 513 g/mol. The smallest absolute Gasteiger partial charge is 0.407 e. The van der Waals surface area contributed by atoms with Gasteiger partial charge < -0.3 is 25.4 Å². The molecule has 2 amide bonds. The first kappa shape index (κ1) is 27.8.